The van der Waals surface area contributed by atoms with E-state index in [4.69, 9.17) is 0 Å². The number of fused-ring (bicyclic) bond motifs is 2. The van der Waals surface area contributed by atoms with Crippen LogP contribution < -0.4 is 10.6 Å². The van der Waals surface area contributed by atoms with Crippen LogP contribution in [0.5, 0.6) is 0 Å². The van der Waals surface area contributed by atoms with Gasteiger partial charge in [-0.1, -0.05) is 6.07 Å². The minimum atomic E-state index is -0.313. The summed E-state index contributed by atoms with van der Waals surface area (Å²) in [6.45, 7) is 0.516. The van der Waals surface area contributed by atoms with Crippen LogP contribution in [0.25, 0.3) is 33.7 Å². The van der Waals surface area contributed by atoms with E-state index in [1.807, 2.05) is 23.6 Å². The fraction of sp³-hybridized carbons (Fsp3) is 0.0769. The van der Waals surface area contributed by atoms with Crippen LogP contribution in [0.15, 0.2) is 66.0 Å². The van der Waals surface area contributed by atoms with E-state index in [2.05, 4.69) is 25.6 Å². The molecule has 3 amide bonds. The first-order valence-corrected chi connectivity index (χ1v) is 12.0. The number of urea groups is 1. The first-order chi connectivity index (χ1) is 17.4. The first kappa shape index (κ1) is 21.9. The number of nitrogens with one attached hydrogen (secondary N) is 3. The number of H-pyrrole nitrogens is 1. The molecule has 2 aromatic heterocycles. The first-order valence-electron chi connectivity index (χ1n) is 11.1. The average molecular weight is 499 g/mol. The Hall–Kier alpha value is -4.57. The average Bonchev–Trinajstić information content (AvgIpc) is 3.51. The molecule has 0 aliphatic carbocycles. The van der Waals surface area contributed by atoms with Gasteiger partial charge in [-0.2, -0.15) is 0 Å². The van der Waals surface area contributed by atoms with Crippen molar-refractivity contribution in [2.75, 3.05) is 17.7 Å². The fourth-order valence-corrected chi connectivity index (χ4v) is 4.79. The summed E-state index contributed by atoms with van der Waals surface area (Å²) in [7, 11) is 1.74. The number of carbonyl (C=O) groups is 2. The van der Waals surface area contributed by atoms with E-state index >= 15 is 0 Å². The molecule has 0 saturated carbocycles. The molecule has 0 fully saturated rings. The Morgan fingerprint density at radius 2 is 1.86 bits per heavy atom. The van der Waals surface area contributed by atoms with E-state index < -0.39 is 0 Å². The number of rotatable bonds is 4. The topological polar surface area (TPSA) is 103 Å². The van der Waals surface area contributed by atoms with Gasteiger partial charge in [0.15, 0.2) is 5.13 Å². The molecule has 3 heterocycles. The number of hydrogen-bond acceptors (Lipinski definition) is 5. The molecule has 3 N–H and O–H groups in total. The number of carbonyl (C=O) groups excluding carboxylic acids is 2. The molecule has 0 unspecified atom stereocenters. The zero-order valence-corrected chi connectivity index (χ0v) is 19.8. The molecule has 36 heavy (non-hydrogen) atoms. The lowest BCUT2D eigenvalue weighted by Crippen LogP contribution is -2.35. The molecular weight excluding hydrogens is 479 g/mol. The molecule has 0 saturated heterocycles. The number of anilines is 2. The Morgan fingerprint density at radius 3 is 2.69 bits per heavy atom. The molecule has 0 atom stereocenters. The standard InChI is InChI=1S/C26H19FN6O2S/c1-33-12-17-10-15(4-8-19(17)31-26(33)35)22-13-36-25(30-22)32-24(34)16-5-9-20-21(11-16)29-23(28-20)14-2-6-18(27)7-3-14/h2-11,13H,12H2,1H3,(H,28,29)(H,31,35)(H,30,32,34). The predicted molar refractivity (Wildman–Crippen MR) is 137 cm³/mol. The van der Waals surface area contributed by atoms with Gasteiger partial charge in [0, 0.05) is 41.4 Å². The summed E-state index contributed by atoms with van der Waals surface area (Å²) in [6.07, 6.45) is 0. The lowest BCUT2D eigenvalue weighted by atomic mass is 10.0. The summed E-state index contributed by atoms with van der Waals surface area (Å²) in [5.74, 6) is 0.000306. The van der Waals surface area contributed by atoms with Gasteiger partial charge >= 0.3 is 6.03 Å². The maximum absolute atomic E-state index is 13.2. The summed E-state index contributed by atoms with van der Waals surface area (Å²) in [4.78, 5) is 38.6. The van der Waals surface area contributed by atoms with E-state index in [1.54, 1.807) is 42.3 Å². The van der Waals surface area contributed by atoms with E-state index in [9.17, 15) is 14.0 Å². The molecular formula is C26H19FN6O2S. The largest absolute Gasteiger partial charge is 0.338 e. The van der Waals surface area contributed by atoms with Crippen molar-refractivity contribution in [1.82, 2.24) is 19.9 Å². The molecule has 0 spiro atoms. The quantitative estimate of drug-likeness (QED) is 0.295. The zero-order chi connectivity index (χ0) is 24.8. The van der Waals surface area contributed by atoms with Crippen LogP contribution in [0.2, 0.25) is 0 Å². The van der Waals surface area contributed by atoms with Crippen molar-refractivity contribution < 1.29 is 14.0 Å². The maximum atomic E-state index is 13.2. The Balaban J connectivity index is 1.20. The number of imidazole rings is 1. The molecule has 178 valence electrons. The smallest absolute Gasteiger partial charge is 0.321 e. The van der Waals surface area contributed by atoms with E-state index in [-0.39, 0.29) is 17.8 Å². The van der Waals surface area contributed by atoms with Crippen molar-refractivity contribution in [3.63, 3.8) is 0 Å². The molecule has 6 rings (SSSR count). The highest BCUT2D eigenvalue weighted by atomic mass is 32.1. The normalized spacial score (nSPS) is 12.9. The highest BCUT2D eigenvalue weighted by Gasteiger charge is 2.20. The Morgan fingerprint density at radius 1 is 1.06 bits per heavy atom. The third-order valence-electron chi connectivity index (χ3n) is 5.98. The van der Waals surface area contributed by atoms with Crippen molar-refractivity contribution in [1.29, 1.82) is 0 Å². The molecule has 8 nitrogen and oxygen atoms in total. The Kier molecular flexibility index (Phi) is 5.23. The number of thiazole rings is 1. The summed E-state index contributed by atoms with van der Waals surface area (Å²) in [5.41, 5.74) is 6.06. The Labute approximate surface area is 208 Å². The SMILES string of the molecule is CN1Cc2cc(-c3csc(NC(=O)c4ccc5nc(-c6ccc(F)cc6)[nH]c5c4)n3)ccc2NC1=O. The highest BCUT2D eigenvalue weighted by Crippen LogP contribution is 2.31. The zero-order valence-electron chi connectivity index (χ0n) is 19.0. The second-order valence-electron chi connectivity index (χ2n) is 8.47. The van der Waals surface area contributed by atoms with Gasteiger partial charge in [0.25, 0.3) is 5.91 Å². The van der Waals surface area contributed by atoms with Gasteiger partial charge in [-0.15, -0.1) is 11.3 Å². The monoisotopic (exact) mass is 498 g/mol. The molecule has 3 aromatic carbocycles. The fourth-order valence-electron chi connectivity index (χ4n) is 4.07. The number of halogens is 1. The number of amides is 3. The van der Waals surface area contributed by atoms with Crippen LogP contribution in [0.1, 0.15) is 15.9 Å². The lowest BCUT2D eigenvalue weighted by molar-refractivity contribution is 0.102. The lowest BCUT2D eigenvalue weighted by Gasteiger charge is -2.26. The van der Waals surface area contributed by atoms with Gasteiger partial charge in [-0.05, 0) is 60.2 Å². The third kappa shape index (κ3) is 4.07. The molecule has 10 heteroatoms. The van der Waals surface area contributed by atoms with Gasteiger partial charge in [0.1, 0.15) is 11.6 Å². The number of aromatic nitrogens is 3. The van der Waals surface area contributed by atoms with Gasteiger partial charge in [0.2, 0.25) is 0 Å². The van der Waals surface area contributed by atoms with Crippen molar-refractivity contribution in [3.05, 3.63) is 83.0 Å². The number of aromatic amines is 1. The van der Waals surface area contributed by atoms with E-state index in [0.717, 1.165) is 28.1 Å². The summed E-state index contributed by atoms with van der Waals surface area (Å²) in [6, 6.07) is 16.9. The van der Waals surface area contributed by atoms with Crippen molar-refractivity contribution in [2.45, 2.75) is 6.54 Å². The van der Waals surface area contributed by atoms with Gasteiger partial charge in [0.05, 0.1) is 16.7 Å². The minimum absolute atomic E-state index is 0.131. The van der Waals surface area contributed by atoms with E-state index in [0.29, 0.717) is 34.1 Å². The van der Waals surface area contributed by atoms with Crippen LogP contribution in [0, 0.1) is 5.82 Å². The van der Waals surface area contributed by atoms with Crippen molar-refractivity contribution in [3.8, 4) is 22.6 Å². The predicted octanol–water partition coefficient (Wildman–Crippen LogP) is 5.72. The molecule has 5 aromatic rings. The van der Waals surface area contributed by atoms with Crippen LogP contribution >= 0.6 is 11.3 Å². The van der Waals surface area contributed by atoms with E-state index in [1.165, 1.54) is 23.5 Å². The second-order valence-corrected chi connectivity index (χ2v) is 9.33. The minimum Gasteiger partial charge on any atom is -0.338 e. The molecule has 1 aliphatic heterocycles. The van der Waals surface area contributed by atoms with Gasteiger partial charge in [-0.3, -0.25) is 10.1 Å². The molecule has 1 aliphatic rings. The van der Waals surface area contributed by atoms with Gasteiger partial charge < -0.3 is 15.2 Å². The van der Waals surface area contributed by atoms with Gasteiger partial charge in [-0.25, -0.2) is 19.2 Å². The Bertz CT molecular complexity index is 1640. The van der Waals surface area contributed by atoms with Crippen LogP contribution in [0.3, 0.4) is 0 Å². The number of hydrogen-bond donors (Lipinski definition) is 3. The van der Waals surface area contributed by atoms with Crippen molar-refractivity contribution in [2.24, 2.45) is 0 Å². The molecule has 0 bridgehead atoms. The van der Waals surface area contributed by atoms with Crippen LogP contribution in [-0.4, -0.2) is 38.8 Å². The van der Waals surface area contributed by atoms with Crippen LogP contribution in [-0.2, 0) is 6.54 Å². The van der Waals surface area contributed by atoms with Crippen LogP contribution in [0.4, 0.5) is 20.0 Å². The highest BCUT2D eigenvalue weighted by molar-refractivity contribution is 7.14. The number of benzene rings is 3. The summed E-state index contributed by atoms with van der Waals surface area (Å²) in [5, 5.41) is 8.08. The third-order valence-corrected chi connectivity index (χ3v) is 6.74. The summed E-state index contributed by atoms with van der Waals surface area (Å²) >= 11 is 1.34. The number of nitrogens with zero attached hydrogens (tertiary/aromatic N) is 3. The van der Waals surface area contributed by atoms with Crippen molar-refractivity contribution >= 4 is 45.1 Å². The summed E-state index contributed by atoms with van der Waals surface area (Å²) < 4.78 is 13.2. The molecule has 0 radical (unpaired) electrons. The maximum Gasteiger partial charge on any atom is 0.321 e. The second kappa shape index (κ2) is 8.58.